The first-order valence-corrected chi connectivity index (χ1v) is 20.5. The van der Waals surface area contributed by atoms with E-state index in [0.717, 1.165) is 22.7 Å². The second kappa shape index (κ2) is 12.3. The molecule has 10 nitrogen and oxygen atoms in total. The molecule has 5 aromatic rings. The van der Waals surface area contributed by atoms with Gasteiger partial charge in [-0.25, -0.2) is 22.2 Å². The minimum atomic E-state index is -3.98. The molecule has 3 aromatic carbocycles. The van der Waals surface area contributed by atoms with Crippen molar-refractivity contribution in [1.29, 1.82) is 5.26 Å². The van der Waals surface area contributed by atoms with E-state index < -0.39 is 29.7 Å². The highest BCUT2D eigenvalue weighted by Gasteiger charge is 2.44. The Hall–Kier alpha value is -4.44. The number of carbonyl (C=O) groups is 1. The summed E-state index contributed by atoms with van der Waals surface area (Å²) in [7, 11) is -3.88. The van der Waals surface area contributed by atoms with Crippen LogP contribution in [-0.4, -0.2) is 59.8 Å². The largest absolute Gasteiger partial charge is 0.465 e. The van der Waals surface area contributed by atoms with E-state index in [4.69, 9.17) is 9.72 Å². The smallest absolute Gasteiger partial charge is 0.408 e. The molecule has 1 amide bonds. The molecule has 0 aliphatic carbocycles. The van der Waals surface area contributed by atoms with Crippen LogP contribution in [0, 0.1) is 32.1 Å². The van der Waals surface area contributed by atoms with E-state index in [9.17, 15) is 23.6 Å². The number of fused-ring (bicyclic) bond motifs is 2. The Morgan fingerprint density at radius 2 is 1.74 bits per heavy atom. The Labute approximate surface area is 276 Å². The molecule has 2 aromatic heterocycles. The zero-order valence-corrected chi connectivity index (χ0v) is 29.9. The highest BCUT2D eigenvalue weighted by molar-refractivity contribution is 7.90. The highest BCUT2D eigenvalue weighted by Crippen LogP contribution is 2.43. The fourth-order valence-electron chi connectivity index (χ4n) is 6.21. The molecule has 0 aliphatic rings. The van der Waals surface area contributed by atoms with Crippen LogP contribution in [0.2, 0.25) is 25.7 Å². The summed E-state index contributed by atoms with van der Waals surface area (Å²) in [6.07, 6.45) is 0.335. The Morgan fingerprint density at radius 3 is 2.36 bits per heavy atom. The summed E-state index contributed by atoms with van der Waals surface area (Å²) in [4.78, 5) is 19.3. The van der Waals surface area contributed by atoms with Crippen LogP contribution in [0.5, 0.6) is 0 Å². The lowest BCUT2D eigenvalue weighted by atomic mass is 9.83. The minimum absolute atomic E-state index is 0.113. The number of aromatic nitrogens is 3. The van der Waals surface area contributed by atoms with Gasteiger partial charge in [0, 0.05) is 33.3 Å². The van der Waals surface area contributed by atoms with Gasteiger partial charge in [-0.2, -0.15) is 5.26 Å². The van der Waals surface area contributed by atoms with E-state index in [2.05, 4.69) is 25.7 Å². The molecule has 0 fully saturated rings. The van der Waals surface area contributed by atoms with Gasteiger partial charge in [0.25, 0.3) is 10.0 Å². The van der Waals surface area contributed by atoms with Crippen molar-refractivity contribution >= 4 is 46.1 Å². The average Bonchev–Trinajstić information content (AvgIpc) is 3.61. The lowest BCUT2D eigenvalue weighted by Crippen LogP contribution is -2.47. The summed E-state index contributed by atoms with van der Waals surface area (Å²) in [6, 6.07) is 18.6. The minimum Gasteiger partial charge on any atom is -0.465 e. The first-order valence-electron chi connectivity index (χ1n) is 15.4. The average molecular weight is 672 g/mol. The molecular formula is C35H41N5O5SSi. The molecule has 0 saturated carbocycles. The molecule has 0 spiro atoms. The summed E-state index contributed by atoms with van der Waals surface area (Å²) in [6.45, 7) is 14.9. The molecule has 1 unspecified atom stereocenters. The van der Waals surface area contributed by atoms with Crippen molar-refractivity contribution < 1.29 is 23.1 Å². The van der Waals surface area contributed by atoms with Crippen molar-refractivity contribution in [2.45, 2.75) is 70.5 Å². The molecular weight excluding hydrogens is 631 g/mol. The first kappa shape index (κ1) is 33.9. The van der Waals surface area contributed by atoms with Gasteiger partial charge >= 0.3 is 6.09 Å². The molecule has 0 saturated heterocycles. The first-order chi connectivity index (χ1) is 22.0. The van der Waals surface area contributed by atoms with Gasteiger partial charge in [0.2, 0.25) is 0 Å². The predicted octanol–water partition coefficient (Wildman–Crippen LogP) is 7.21. The van der Waals surface area contributed by atoms with Gasteiger partial charge in [0.1, 0.15) is 18.1 Å². The fourth-order valence-corrected chi connectivity index (χ4v) is 8.37. The lowest BCUT2D eigenvalue weighted by Gasteiger charge is -2.39. The molecule has 1 atom stereocenters. The van der Waals surface area contributed by atoms with Crippen molar-refractivity contribution in [1.82, 2.24) is 18.4 Å². The number of hydrogen-bond acceptors (Lipinski definition) is 6. The monoisotopic (exact) mass is 671 g/mol. The summed E-state index contributed by atoms with van der Waals surface area (Å²) in [5.41, 5.74) is 3.71. The zero-order valence-electron chi connectivity index (χ0n) is 28.1. The van der Waals surface area contributed by atoms with Crippen LogP contribution in [-0.2, 0) is 27.0 Å². The Kier molecular flexibility index (Phi) is 8.87. The Bertz CT molecular complexity index is 2160. The second-order valence-electron chi connectivity index (χ2n) is 13.5. The molecule has 0 bridgehead atoms. The van der Waals surface area contributed by atoms with Gasteiger partial charge in [-0.3, -0.25) is 4.90 Å². The maximum Gasteiger partial charge on any atom is 0.408 e. The van der Waals surface area contributed by atoms with Gasteiger partial charge in [-0.05, 0) is 86.8 Å². The summed E-state index contributed by atoms with van der Waals surface area (Å²) >= 11 is 0. The molecule has 246 valence electrons. The van der Waals surface area contributed by atoms with Gasteiger partial charge in [0.05, 0.1) is 33.1 Å². The van der Waals surface area contributed by atoms with Crippen LogP contribution in [0.3, 0.4) is 0 Å². The van der Waals surface area contributed by atoms with Crippen molar-refractivity contribution in [3.05, 3.63) is 94.4 Å². The predicted molar refractivity (Wildman–Crippen MR) is 186 cm³/mol. The van der Waals surface area contributed by atoms with Crippen LogP contribution in [0.4, 0.5) is 4.79 Å². The van der Waals surface area contributed by atoms with E-state index in [1.807, 2.05) is 31.4 Å². The quantitative estimate of drug-likeness (QED) is 0.123. The SMILES string of the molecule is Cc1ccc(S(=O)(=O)n2ccc3c(C(C)(c4nc5cc(C#N)ccc5n4COCC[Si](C)(C)C)N(C)C(=O)O)c(C)cc(C)c32)cc1. The number of hydrogen-bond donors (Lipinski definition) is 1. The third kappa shape index (κ3) is 6.06. The number of imidazole rings is 1. The Balaban J connectivity index is 1.80. The van der Waals surface area contributed by atoms with E-state index in [1.54, 1.807) is 55.5 Å². The number of nitrogens with zero attached hydrogens (tertiary/aromatic N) is 5. The van der Waals surface area contributed by atoms with Gasteiger partial charge in [0.15, 0.2) is 0 Å². The third-order valence-electron chi connectivity index (χ3n) is 8.87. The maximum atomic E-state index is 14.0. The van der Waals surface area contributed by atoms with Gasteiger partial charge in [-0.1, -0.05) is 43.4 Å². The summed E-state index contributed by atoms with van der Waals surface area (Å²) in [5, 5.41) is 20.7. The lowest BCUT2D eigenvalue weighted by molar-refractivity contribution is 0.0755. The van der Waals surface area contributed by atoms with Crippen molar-refractivity contribution in [3.63, 3.8) is 0 Å². The molecule has 5 rings (SSSR count). The number of ether oxygens (including phenoxy) is 1. The topological polar surface area (TPSA) is 130 Å². The van der Waals surface area contributed by atoms with Gasteiger partial charge in [-0.15, -0.1) is 0 Å². The summed E-state index contributed by atoms with van der Waals surface area (Å²) < 4.78 is 37.3. The molecule has 0 radical (unpaired) electrons. The second-order valence-corrected chi connectivity index (χ2v) is 21.0. The van der Waals surface area contributed by atoms with Crippen LogP contribution < -0.4 is 0 Å². The molecule has 1 N–H and O–H groups in total. The molecule has 47 heavy (non-hydrogen) atoms. The Morgan fingerprint density at radius 1 is 1.06 bits per heavy atom. The van der Waals surface area contributed by atoms with Crippen LogP contribution in [0.25, 0.3) is 21.9 Å². The molecule has 12 heteroatoms. The van der Waals surface area contributed by atoms with E-state index in [1.165, 1.54) is 22.1 Å². The maximum absolute atomic E-state index is 14.0. The summed E-state index contributed by atoms with van der Waals surface area (Å²) in [5.74, 6) is 0.392. The zero-order chi connectivity index (χ0) is 34.5. The molecule has 0 aliphatic heterocycles. The number of carboxylic acid groups (broad SMARTS) is 1. The number of nitriles is 1. The standard InChI is InChI=1S/C35H41N5O5SSi/c1-23-9-12-27(13-10-23)46(43,44)40-16-15-28-31(24(2)19-25(3)32(28)40)35(4,38(5)34(41)42)33-37-29-20-26(21-36)11-14-30(29)39(33)22-45-17-18-47(6,7)8/h9-16,19-20H,17-18,22H2,1-8H3,(H,41,42). The van der Waals surface area contributed by atoms with E-state index >= 15 is 0 Å². The number of aryl methyl sites for hydroxylation is 3. The highest BCUT2D eigenvalue weighted by atomic mass is 32.2. The van der Waals surface area contributed by atoms with Crippen molar-refractivity contribution in [2.75, 3.05) is 13.7 Å². The van der Waals surface area contributed by atoms with Gasteiger partial charge < -0.3 is 14.4 Å². The number of amides is 1. The normalized spacial score (nSPS) is 13.5. The van der Waals surface area contributed by atoms with Crippen molar-refractivity contribution in [2.24, 2.45) is 0 Å². The van der Waals surface area contributed by atoms with Crippen molar-refractivity contribution in [3.8, 4) is 6.07 Å². The molecule has 2 heterocycles. The van der Waals surface area contributed by atoms with Crippen LogP contribution >= 0.6 is 0 Å². The van der Waals surface area contributed by atoms with E-state index in [0.29, 0.717) is 45.5 Å². The fraction of sp³-hybridized carbons (Fsp3) is 0.343. The van der Waals surface area contributed by atoms with Crippen LogP contribution in [0.15, 0.2) is 65.7 Å². The third-order valence-corrected chi connectivity index (χ3v) is 12.3. The number of rotatable bonds is 10. The van der Waals surface area contributed by atoms with Crippen LogP contribution in [0.1, 0.15) is 40.6 Å². The van der Waals surface area contributed by atoms with E-state index in [-0.39, 0.29) is 11.6 Å². The number of benzene rings is 3.